The lowest BCUT2D eigenvalue weighted by Crippen LogP contribution is -2.34. The van der Waals surface area contributed by atoms with E-state index < -0.39 is 21.1 Å². The first-order chi connectivity index (χ1) is 13.1. The summed E-state index contributed by atoms with van der Waals surface area (Å²) in [5, 5.41) is 4.38. The van der Waals surface area contributed by atoms with E-state index in [1.807, 2.05) is 6.07 Å². The van der Waals surface area contributed by atoms with Crippen LogP contribution in [0.1, 0.15) is 10.8 Å². The molecule has 1 heterocycles. The molecule has 0 radical (unpaired) electrons. The summed E-state index contributed by atoms with van der Waals surface area (Å²) in [4.78, 5) is 16.4. The molecular weight excluding hydrogens is 362 g/mol. The summed E-state index contributed by atoms with van der Waals surface area (Å²) in [6, 6.07) is 20.0. The molecule has 0 saturated carbocycles. The predicted octanol–water partition coefficient (Wildman–Crippen LogP) is 3.42. The maximum absolute atomic E-state index is 13.1. The van der Waals surface area contributed by atoms with Crippen LogP contribution in [0.2, 0.25) is 0 Å². The van der Waals surface area contributed by atoms with Crippen molar-refractivity contribution in [2.24, 2.45) is 0 Å². The zero-order chi connectivity index (χ0) is 19.1. The number of hydrogen-bond donors (Lipinski definition) is 2. The SMILES string of the molecule is O=C(NCC(c1cccnc1)S(=O)(=O)c1ccccc1)Nc1ccccc1. The Kier molecular flexibility index (Phi) is 5.83. The summed E-state index contributed by atoms with van der Waals surface area (Å²) in [5.41, 5.74) is 1.14. The van der Waals surface area contributed by atoms with Crippen LogP contribution in [0.3, 0.4) is 0 Å². The van der Waals surface area contributed by atoms with Crippen LogP contribution in [0.5, 0.6) is 0 Å². The number of amides is 2. The first kappa shape index (κ1) is 18.6. The molecule has 7 heteroatoms. The number of carbonyl (C=O) groups excluding carboxylic acids is 1. The average Bonchev–Trinajstić information content (AvgIpc) is 2.70. The van der Waals surface area contributed by atoms with E-state index in [0.717, 1.165) is 0 Å². The topological polar surface area (TPSA) is 88.2 Å². The second kappa shape index (κ2) is 8.46. The molecule has 0 bridgehead atoms. The van der Waals surface area contributed by atoms with E-state index in [4.69, 9.17) is 0 Å². The maximum Gasteiger partial charge on any atom is 0.319 e. The molecule has 1 aromatic heterocycles. The van der Waals surface area contributed by atoms with Crippen molar-refractivity contribution in [2.45, 2.75) is 10.1 Å². The lowest BCUT2D eigenvalue weighted by Gasteiger charge is -2.19. The number of nitrogens with one attached hydrogen (secondary N) is 2. The van der Waals surface area contributed by atoms with Crippen molar-refractivity contribution in [2.75, 3.05) is 11.9 Å². The Morgan fingerprint density at radius 1 is 0.926 bits per heavy atom. The van der Waals surface area contributed by atoms with Crippen molar-refractivity contribution in [1.29, 1.82) is 0 Å². The van der Waals surface area contributed by atoms with Gasteiger partial charge in [-0.3, -0.25) is 4.98 Å². The molecule has 1 atom stereocenters. The fraction of sp³-hybridized carbons (Fsp3) is 0.100. The van der Waals surface area contributed by atoms with Gasteiger partial charge in [0.2, 0.25) is 0 Å². The van der Waals surface area contributed by atoms with Crippen LogP contribution in [0.15, 0.2) is 90.1 Å². The number of pyridine rings is 1. The quantitative estimate of drug-likeness (QED) is 0.685. The first-order valence-corrected chi connectivity index (χ1v) is 9.91. The van der Waals surface area contributed by atoms with Gasteiger partial charge in [-0.2, -0.15) is 0 Å². The highest BCUT2D eigenvalue weighted by molar-refractivity contribution is 7.91. The molecule has 1 unspecified atom stereocenters. The Hall–Kier alpha value is -3.19. The van der Waals surface area contributed by atoms with E-state index in [-0.39, 0.29) is 11.4 Å². The lowest BCUT2D eigenvalue weighted by atomic mass is 10.2. The summed E-state index contributed by atoms with van der Waals surface area (Å²) in [5.74, 6) is 0. The summed E-state index contributed by atoms with van der Waals surface area (Å²) in [6.45, 7) is -0.0818. The normalized spacial score (nSPS) is 12.1. The Morgan fingerprint density at radius 3 is 2.22 bits per heavy atom. The maximum atomic E-state index is 13.1. The van der Waals surface area contributed by atoms with E-state index in [9.17, 15) is 13.2 Å². The van der Waals surface area contributed by atoms with Gasteiger partial charge in [0.05, 0.1) is 4.90 Å². The Labute approximate surface area is 158 Å². The number of benzene rings is 2. The molecule has 2 aromatic carbocycles. The average molecular weight is 381 g/mol. The van der Waals surface area contributed by atoms with Gasteiger partial charge in [0.25, 0.3) is 0 Å². The van der Waals surface area contributed by atoms with Gasteiger partial charge < -0.3 is 10.6 Å². The number of rotatable bonds is 6. The van der Waals surface area contributed by atoms with Crippen LogP contribution in [0, 0.1) is 0 Å². The molecule has 3 aromatic rings. The second-order valence-corrected chi connectivity index (χ2v) is 7.96. The molecule has 0 spiro atoms. The van der Waals surface area contributed by atoms with Crippen molar-refractivity contribution in [3.63, 3.8) is 0 Å². The van der Waals surface area contributed by atoms with Crippen LogP contribution >= 0.6 is 0 Å². The van der Waals surface area contributed by atoms with E-state index in [0.29, 0.717) is 11.3 Å². The van der Waals surface area contributed by atoms with Crippen LogP contribution < -0.4 is 10.6 Å². The van der Waals surface area contributed by atoms with Gasteiger partial charge in [-0.05, 0) is 35.9 Å². The number of para-hydroxylation sites is 1. The minimum absolute atomic E-state index is 0.0818. The molecule has 138 valence electrons. The number of aromatic nitrogens is 1. The molecule has 3 rings (SSSR count). The van der Waals surface area contributed by atoms with Crippen LogP contribution in [0.4, 0.5) is 10.5 Å². The van der Waals surface area contributed by atoms with Crippen molar-refractivity contribution < 1.29 is 13.2 Å². The molecular formula is C20H19N3O3S. The van der Waals surface area contributed by atoms with Crippen molar-refractivity contribution >= 4 is 21.6 Å². The number of urea groups is 1. The summed E-state index contributed by atoms with van der Waals surface area (Å²) in [7, 11) is -3.71. The van der Waals surface area contributed by atoms with Gasteiger partial charge in [0, 0.05) is 24.6 Å². The van der Waals surface area contributed by atoms with Gasteiger partial charge in [-0.1, -0.05) is 42.5 Å². The van der Waals surface area contributed by atoms with Gasteiger partial charge in [-0.15, -0.1) is 0 Å². The monoisotopic (exact) mass is 381 g/mol. The first-order valence-electron chi connectivity index (χ1n) is 8.36. The summed E-state index contributed by atoms with van der Waals surface area (Å²) in [6.07, 6.45) is 3.08. The van der Waals surface area contributed by atoms with E-state index in [1.54, 1.807) is 72.9 Å². The van der Waals surface area contributed by atoms with Crippen LogP contribution in [-0.4, -0.2) is 26.0 Å². The standard InChI is InChI=1S/C20H19N3O3S/c24-20(23-17-9-3-1-4-10-17)22-15-19(16-8-7-13-21-14-16)27(25,26)18-11-5-2-6-12-18/h1-14,19H,15H2,(H2,22,23,24). The van der Waals surface area contributed by atoms with E-state index >= 15 is 0 Å². The number of carbonyl (C=O) groups is 1. The molecule has 0 fully saturated rings. The van der Waals surface area contributed by atoms with Gasteiger partial charge in [0.15, 0.2) is 9.84 Å². The zero-order valence-electron chi connectivity index (χ0n) is 14.4. The number of hydrogen-bond acceptors (Lipinski definition) is 4. The molecule has 6 nitrogen and oxygen atoms in total. The van der Waals surface area contributed by atoms with E-state index in [1.165, 1.54) is 6.20 Å². The molecule has 2 amide bonds. The molecule has 2 N–H and O–H groups in total. The summed E-state index contributed by atoms with van der Waals surface area (Å²) < 4.78 is 26.2. The Balaban J connectivity index is 1.80. The molecule has 0 aliphatic heterocycles. The number of nitrogens with zero attached hydrogens (tertiary/aromatic N) is 1. The minimum Gasteiger partial charge on any atom is -0.336 e. The highest BCUT2D eigenvalue weighted by Gasteiger charge is 2.29. The third-order valence-corrected chi connectivity index (χ3v) is 6.10. The van der Waals surface area contributed by atoms with Gasteiger partial charge >= 0.3 is 6.03 Å². The molecule has 0 aliphatic carbocycles. The van der Waals surface area contributed by atoms with Gasteiger partial charge in [0.1, 0.15) is 5.25 Å². The number of anilines is 1. The van der Waals surface area contributed by atoms with Crippen LogP contribution in [0.25, 0.3) is 0 Å². The largest absolute Gasteiger partial charge is 0.336 e. The zero-order valence-corrected chi connectivity index (χ0v) is 15.3. The van der Waals surface area contributed by atoms with Crippen molar-refractivity contribution in [3.8, 4) is 0 Å². The smallest absolute Gasteiger partial charge is 0.319 e. The third-order valence-electron chi connectivity index (χ3n) is 3.98. The fourth-order valence-corrected chi connectivity index (χ4v) is 4.30. The third kappa shape index (κ3) is 4.71. The van der Waals surface area contributed by atoms with Crippen LogP contribution in [-0.2, 0) is 9.84 Å². The van der Waals surface area contributed by atoms with Gasteiger partial charge in [-0.25, -0.2) is 13.2 Å². The number of sulfone groups is 1. The molecule has 27 heavy (non-hydrogen) atoms. The second-order valence-electron chi connectivity index (χ2n) is 5.83. The summed E-state index contributed by atoms with van der Waals surface area (Å²) >= 11 is 0. The Morgan fingerprint density at radius 2 is 1.59 bits per heavy atom. The highest BCUT2D eigenvalue weighted by Crippen LogP contribution is 2.27. The predicted molar refractivity (Wildman–Crippen MR) is 104 cm³/mol. The van der Waals surface area contributed by atoms with Crippen molar-refractivity contribution in [1.82, 2.24) is 10.3 Å². The van der Waals surface area contributed by atoms with E-state index in [2.05, 4.69) is 15.6 Å². The fourth-order valence-electron chi connectivity index (χ4n) is 2.63. The van der Waals surface area contributed by atoms with Crippen molar-refractivity contribution in [3.05, 3.63) is 90.8 Å². The molecule has 0 aliphatic rings. The highest BCUT2D eigenvalue weighted by atomic mass is 32.2. The molecule has 0 saturated heterocycles. The minimum atomic E-state index is -3.71. The Bertz CT molecular complexity index is 979. The lowest BCUT2D eigenvalue weighted by molar-refractivity contribution is 0.252.